The molecule has 3 aromatic carbocycles. The Balaban J connectivity index is 1.67. The number of hydrogen-bond donors (Lipinski definition) is 0. The highest BCUT2D eigenvalue weighted by Crippen LogP contribution is 2.34. The van der Waals surface area contributed by atoms with E-state index in [0.29, 0.717) is 0 Å². The van der Waals surface area contributed by atoms with Crippen molar-refractivity contribution < 1.29 is 13.2 Å². The number of amides is 1. The second-order valence-corrected chi connectivity index (χ2v) is 12.1. The summed E-state index contributed by atoms with van der Waals surface area (Å²) in [4.78, 5) is 15.4. The lowest BCUT2D eigenvalue weighted by Gasteiger charge is -2.27. The van der Waals surface area contributed by atoms with Gasteiger partial charge in [0.15, 0.2) is 0 Å². The van der Waals surface area contributed by atoms with Crippen molar-refractivity contribution in [1.82, 2.24) is 4.31 Å². The predicted molar refractivity (Wildman–Crippen MR) is 138 cm³/mol. The molecule has 4 rings (SSSR count). The zero-order chi connectivity index (χ0) is 23.8. The van der Waals surface area contributed by atoms with Gasteiger partial charge in [0.2, 0.25) is 15.9 Å². The lowest BCUT2D eigenvalue weighted by Crippen LogP contribution is -2.44. The van der Waals surface area contributed by atoms with Crippen LogP contribution in [-0.2, 0) is 27.8 Å². The van der Waals surface area contributed by atoms with E-state index in [2.05, 4.69) is 31.9 Å². The van der Waals surface area contributed by atoms with Gasteiger partial charge in [0.05, 0.1) is 11.4 Å². The highest BCUT2D eigenvalue weighted by molar-refractivity contribution is 9.10. The molecule has 172 valence electrons. The molecule has 1 aliphatic rings. The van der Waals surface area contributed by atoms with Gasteiger partial charge in [-0.25, -0.2) is 8.42 Å². The van der Waals surface area contributed by atoms with Crippen LogP contribution in [0.4, 0.5) is 5.69 Å². The molecule has 5 nitrogen and oxygen atoms in total. The first-order chi connectivity index (χ1) is 15.6. The minimum absolute atomic E-state index is 0.0431. The first-order valence-corrected chi connectivity index (χ1v) is 13.6. The monoisotopic (exact) mass is 590 g/mol. The van der Waals surface area contributed by atoms with Crippen LogP contribution >= 0.6 is 31.9 Å². The third kappa shape index (κ3) is 5.24. The fourth-order valence-electron chi connectivity index (χ4n) is 4.09. The summed E-state index contributed by atoms with van der Waals surface area (Å²) in [6, 6.07) is 20.0. The number of sulfonamides is 1. The van der Waals surface area contributed by atoms with Crippen LogP contribution in [0.25, 0.3) is 0 Å². The molecule has 0 aromatic heterocycles. The Morgan fingerprint density at radius 2 is 1.64 bits per heavy atom. The van der Waals surface area contributed by atoms with Crippen molar-refractivity contribution in [2.75, 3.05) is 11.4 Å². The van der Waals surface area contributed by atoms with E-state index in [-0.39, 0.29) is 29.9 Å². The van der Waals surface area contributed by atoms with Crippen molar-refractivity contribution in [2.45, 2.75) is 37.8 Å². The van der Waals surface area contributed by atoms with Gasteiger partial charge in [-0.05, 0) is 73.9 Å². The Morgan fingerprint density at radius 3 is 2.30 bits per heavy atom. The Morgan fingerprint density at radius 1 is 1.00 bits per heavy atom. The molecule has 3 aromatic rings. The van der Waals surface area contributed by atoms with Crippen LogP contribution < -0.4 is 4.90 Å². The highest BCUT2D eigenvalue weighted by Gasteiger charge is 2.34. The molecule has 0 aliphatic carbocycles. The molecular weight excluding hydrogens is 568 g/mol. The molecule has 0 bridgehead atoms. The summed E-state index contributed by atoms with van der Waals surface area (Å²) in [6.07, 6.45) is 0.734. The zero-order valence-electron chi connectivity index (χ0n) is 18.3. The maximum absolute atomic E-state index is 13.6. The maximum atomic E-state index is 13.6. The summed E-state index contributed by atoms with van der Waals surface area (Å²) in [7, 11) is -3.89. The highest BCUT2D eigenvalue weighted by atomic mass is 79.9. The predicted octanol–water partition coefficient (Wildman–Crippen LogP) is 5.69. The smallest absolute Gasteiger partial charge is 0.243 e. The number of hydrogen-bond acceptors (Lipinski definition) is 3. The van der Waals surface area contributed by atoms with E-state index in [4.69, 9.17) is 0 Å². The minimum Gasteiger partial charge on any atom is -0.308 e. The lowest BCUT2D eigenvalue weighted by atomic mass is 10.1. The standard InChI is InChI=1S/C25H24Br2N2O3S/c1-17-3-5-19(6-4-17)15-28(33(31,32)23-10-7-21(26)8-11-23)16-25(30)29-18(2)13-20-14-22(27)9-12-24(20)29/h3-12,14,18H,13,15-16H2,1-2H3/t18-/m0/s1. The number of benzene rings is 3. The molecule has 0 spiro atoms. The number of fused-ring (bicyclic) bond motifs is 1. The molecule has 0 saturated heterocycles. The van der Waals surface area contributed by atoms with E-state index in [9.17, 15) is 13.2 Å². The van der Waals surface area contributed by atoms with Gasteiger partial charge in [0.1, 0.15) is 0 Å². The first-order valence-electron chi connectivity index (χ1n) is 10.6. The first kappa shape index (κ1) is 24.1. The summed E-state index contributed by atoms with van der Waals surface area (Å²) in [6.45, 7) is 3.83. The van der Waals surface area contributed by atoms with Gasteiger partial charge in [-0.1, -0.05) is 61.7 Å². The SMILES string of the molecule is Cc1ccc(CN(CC(=O)N2c3ccc(Br)cc3C[C@@H]2C)S(=O)(=O)c2ccc(Br)cc2)cc1. The Kier molecular flexibility index (Phi) is 7.09. The van der Waals surface area contributed by atoms with Crippen LogP contribution in [0.15, 0.2) is 80.6 Å². The maximum Gasteiger partial charge on any atom is 0.243 e. The van der Waals surface area contributed by atoms with Crippen molar-refractivity contribution >= 4 is 53.5 Å². The molecule has 0 N–H and O–H groups in total. The number of rotatable bonds is 6. The van der Waals surface area contributed by atoms with Crippen molar-refractivity contribution in [3.8, 4) is 0 Å². The number of anilines is 1. The molecule has 1 aliphatic heterocycles. The van der Waals surface area contributed by atoms with Gasteiger partial charge in [0, 0.05) is 27.2 Å². The third-order valence-corrected chi connectivity index (χ3v) is 8.60. The summed E-state index contributed by atoms with van der Waals surface area (Å²) in [5.41, 5.74) is 3.83. The van der Waals surface area contributed by atoms with Crippen molar-refractivity contribution in [2.24, 2.45) is 0 Å². The fraction of sp³-hybridized carbons (Fsp3) is 0.240. The summed E-state index contributed by atoms with van der Waals surface area (Å²) in [5.74, 6) is -0.239. The van der Waals surface area contributed by atoms with Crippen LogP contribution in [0.5, 0.6) is 0 Å². The summed E-state index contributed by atoms with van der Waals surface area (Å²) < 4.78 is 30.2. The molecule has 8 heteroatoms. The van der Waals surface area contributed by atoms with Gasteiger partial charge in [0.25, 0.3) is 0 Å². The number of nitrogens with zero attached hydrogens (tertiary/aromatic N) is 2. The molecule has 33 heavy (non-hydrogen) atoms. The summed E-state index contributed by atoms with van der Waals surface area (Å²) in [5, 5.41) is 0. The Labute approximate surface area is 211 Å². The number of halogens is 2. The number of carbonyl (C=O) groups is 1. The molecule has 0 fully saturated rings. The second-order valence-electron chi connectivity index (χ2n) is 8.30. The van der Waals surface area contributed by atoms with E-state index >= 15 is 0 Å². The number of carbonyl (C=O) groups excluding carboxylic acids is 1. The Hall–Kier alpha value is -2.00. The lowest BCUT2D eigenvalue weighted by molar-refractivity contribution is -0.119. The molecule has 0 unspecified atom stereocenters. The molecular formula is C25H24Br2N2O3S. The minimum atomic E-state index is -3.89. The second kappa shape index (κ2) is 9.70. The average molecular weight is 592 g/mol. The topological polar surface area (TPSA) is 57.7 Å². The molecule has 1 amide bonds. The van der Waals surface area contributed by atoms with E-state index in [1.165, 1.54) is 4.31 Å². The van der Waals surface area contributed by atoms with Crippen molar-refractivity contribution in [3.63, 3.8) is 0 Å². The fourth-order valence-corrected chi connectivity index (χ4v) is 6.14. The van der Waals surface area contributed by atoms with Gasteiger partial charge in [-0.2, -0.15) is 4.31 Å². The van der Waals surface area contributed by atoms with Gasteiger partial charge in [-0.15, -0.1) is 0 Å². The van der Waals surface area contributed by atoms with Gasteiger partial charge in [-0.3, -0.25) is 4.79 Å². The molecule has 0 saturated carbocycles. The van der Waals surface area contributed by atoms with Crippen molar-refractivity contribution in [1.29, 1.82) is 0 Å². The van der Waals surface area contributed by atoms with Crippen LogP contribution in [0.3, 0.4) is 0 Å². The van der Waals surface area contributed by atoms with E-state index in [0.717, 1.165) is 37.7 Å². The van der Waals surface area contributed by atoms with Crippen molar-refractivity contribution in [3.05, 3.63) is 92.4 Å². The van der Waals surface area contributed by atoms with E-state index in [1.807, 2.05) is 56.3 Å². The normalized spacial score (nSPS) is 15.7. The van der Waals surface area contributed by atoms with Crippen LogP contribution in [0.2, 0.25) is 0 Å². The number of aryl methyl sites for hydroxylation is 1. The Bertz CT molecular complexity index is 1280. The molecule has 0 radical (unpaired) electrons. The van der Waals surface area contributed by atoms with Crippen LogP contribution in [0.1, 0.15) is 23.6 Å². The van der Waals surface area contributed by atoms with E-state index < -0.39 is 10.0 Å². The van der Waals surface area contributed by atoms with Crippen LogP contribution in [0, 0.1) is 6.92 Å². The molecule has 1 atom stereocenters. The quantitative estimate of drug-likeness (QED) is 0.370. The third-order valence-electron chi connectivity index (χ3n) is 5.77. The van der Waals surface area contributed by atoms with Crippen LogP contribution in [-0.4, -0.2) is 31.2 Å². The molecule has 1 heterocycles. The van der Waals surface area contributed by atoms with Gasteiger partial charge < -0.3 is 4.90 Å². The largest absolute Gasteiger partial charge is 0.308 e. The average Bonchev–Trinajstić information content (AvgIpc) is 3.09. The van der Waals surface area contributed by atoms with Gasteiger partial charge >= 0.3 is 0 Å². The summed E-state index contributed by atoms with van der Waals surface area (Å²) >= 11 is 6.84. The van der Waals surface area contributed by atoms with E-state index in [1.54, 1.807) is 29.2 Å². The zero-order valence-corrected chi connectivity index (χ0v) is 22.3.